The molecule has 0 fully saturated rings. The Hall–Kier alpha value is -0.870. The van der Waals surface area contributed by atoms with Crippen LogP contribution >= 0.6 is 0 Å². The molecule has 0 radical (unpaired) electrons. The maximum absolute atomic E-state index is 10.1. The Bertz CT molecular complexity index is 141. The van der Waals surface area contributed by atoms with E-state index in [1.807, 2.05) is 0 Å². The fourth-order valence-electron chi connectivity index (χ4n) is 0.440. The fraction of sp³-hybridized carbons (Fsp3) is 0.571. The lowest BCUT2D eigenvalue weighted by Crippen LogP contribution is -2.24. The van der Waals surface area contributed by atoms with Gasteiger partial charge in [-0.3, -0.25) is 0 Å². The first kappa shape index (κ1) is 10.1. The molecule has 0 saturated heterocycles. The van der Waals surface area contributed by atoms with Crippen LogP contribution in [0.4, 0.5) is 0 Å². The van der Waals surface area contributed by atoms with Gasteiger partial charge in [-0.05, 0) is 12.0 Å². The van der Waals surface area contributed by atoms with Crippen molar-refractivity contribution in [3.8, 4) is 0 Å². The van der Waals surface area contributed by atoms with Crippen molar-refractivity contribution in [2.45, 2.75) is 6.42 Å². The van der Waals surface area contributed by atoms with Gasteiger partial charge in [0, 0.05) is 7.11 Å². The number of carbonyl (C=O) groups excluding carboxylic acids is 1. The molecule has 0 aliphatic heterocycles. The molecule has 0 aromatic rings. The molecule has 0 atom stereocenters. The second-order valence-corrected chi connectivity index (χ2v) is 1.96. The number of aliphatic carboxylic acids is 1. The number of hydrogen-bond acceptors (Lipinski definition) is 4. The van der Waals surface area contributed by atoms with Gasteiger partial charge >= 0.3 is 0 Å². The van der Waals surface area contributed by atoms with Gasteiger partial charge in [0.25, 0.3) is 0 Å². The highest BCUT2D eigenvalue weighted by Crippen LogP contribution is 1.95. The van der Waals surface area contributed by atoms with Crippen LogP contribution in [0.5, 0.6) is 0 Å². The largest absolute Gasteiger partial charge is 0.545 e. The zero-order valence-electron chi connectivity index (χ0n) is 6.46. The minimum Gasteiger partial charge on any atom is -0.545 e. The molecule has 64 valence electrons. The third-order valence-corrected chi connectivity index (χ3v) is 1.04. The van der Waals surface area contributed by atoms with E-state index in [2.05, 4.69) is 11.3 Å². The number of carbonyl (C=O) groups is 1. The Morgan fingerprint density at radius 2 is 2.27 bits per heavy atom. The molecule has 0 spiro atoms. The van der Waals surface area contributed by atoms with Crippen LogP contribution in [0.3, 0.4) is 0 Å². The first-order valence-electron chi connectivity index (χ1n) is 3.14. The highest BCUT2D eigenvalue weighted by atomic mass is 16.7. The Morgan fingerprint density at radius 3 is 2.73 bits per heavy atom. The summed E-state index contributed by atoms with van der Waals surface area (Å²) in [7, 11) is 1.49. The molecule has 4 nitrogen and oxygen atoms in total. The van der Waals surface area contributed by atoms with E-state index >= 15 is 0 Å². The highest BCUT2D eigenvalue weighted by molar-refractivity contribution is 5.83. The van der Waals surface area contributed by atoms with Crippen molar-refractivity contribution in [3.63, 3.8) is 0 Å². The normalized spacial score (nSPS) is 9.55. The van der Waals surface area contributed by atoms with Gasteiger partial charge in [-0.1, -0.05) is 6.58 Å². The van der Waals surface area contributed by atoms with Crippen molar-refractivity contribution >= 4 is 5.97 Å². The molecule has 0 aromatic carbocycles. The van der Waals surface area contributed by atoms with Crippen LogP contribution in [0.1, 0.15) is 6.42 Å². The lowest BCUT2D eigenvalue weighted by Gasteiger charge is -2.05. The second-order valence-electron chi connectivity index (χ2n) is 1.96. The average Bonchev–Trinajstić information content (AvgIpc) is 1.97. The van der Waals surface area contributed by atoms with Crippen LogP contribution in [0, 0.1) is 0 Å². The molecule has 0 heterocycles. The molecular weight excluding hydrogens is 148 g/mol. The van der Waals surface area contributed by atoms with Crippen molar-refractivity contribution in [1.82, 2.24) is 0 Å². The predicted octanol–water partition coefficient (Wildman–Crippen LogP) is -0.697. The van der Waals surface area contributed by atoms with Crippen LogP contribution in [-0.2, 0) is 14.3 Å². The van der Waals surface area contributed by atoms with Crippen molar-refractivity contribution in [2.75, 3.05) is 20.5 Å². The molecule has 0 saturated carbocycles. The quantitative estimate of drug-likeness (QED) is 0.292. The van der Waals surface area contributed by atoms with Crippen molar-refractivity contribution < 1.29 is 19.4 Å². The highest BCUT2D eigenvalue weighted by Gasteiger charge is 1.93. The van der Waals surface area contributed by atoms with Gasteiger partial charge in [-0.15, -0.1) is 0 Å². The molecule has 0 amide bonds. The predicted molar refractivity (Wildman–Crippen MR) is 36.6 cm³/mol. The summed E-state index contributed by atoms with van der Waals surface area (Å²) in [5.41, 5.74) is 0.0427. The van der Waals surface area contributed by atoms with E-state index in [-0.39, 0.29) is 18.8 Å². The number of rotatable bonds is 6. The molecule has 4 heteroatoms. The maximum Gasteiger partial charge on any atom is 0.146 e. The maximum atomic E-state index is 10.1. The van der Waals surface area contributed by atoms with Gasteiger partial charge in [0.1, 0.15) is 6.79 Å². The minimum absolute atomic E-state index is 0.0427. The molecule has 0 N–H and O–H groups in total. The summed E-state index contributed by atoms with van der Waals surface area (Å²) in [6.07, 6.45) is 0.270. The van der Waals surface area contributed by atoms with Crippen molar-refractivity contribution in [1.29, 1.82) is 0 Å². The number of carboxylic acid groups (broad SMARTS) is 1. The van der Waals surface area contributed by atoms with Gasteiger partial charge in [0.2, 0.25) is 0 Å². The average molecular weight is 159 g/mol. The summed E-state index contributed by atoms with van der Waals surface area (Å²) in [5, 5.41) is 10.1. The number of ether oxygens (including phenoxy) is 2. The molecule has 0 aliphatic rings. The van der Waals surface area contributed by atoms with Gasteiger partial charge < -0.3 is 19.4 Å². The van der Waals surface area contributed by atoms with E-state index in [1.54, 1.807) is 0 Å². The molecule has 0 unspecified atom stereocenters. The summed E-state index contributed by atoms with van der Waals surface area (Å²) in [4.78, 5) is 10.1. The Morgan fingerprint density at radius 1 is 1.64 bits per heavy atom. The Kier molecular flexibility index (Phi) is 5.42. The number of carboxylic acids is 1. The van der Waals surface area contributed by atoms with E-state index in [4.69, 9.17) is 4.74 Å². The van der Waals surface area contributed by atoms with E-state index in [0.717, 1.165) is 0 Å². The van der Waals surface area contributed by atoms with E-state index in [0.29, 0.717) is 6.61 Å². The van der Waals surface area contributed by atoms with Gasteiger partial charge in [-0.25, -0.2) is 0 Å². The van der Waals surface area contributed by atoms with Crippen molar-refractivity contribution in [3.05, 3.63) is 12.2 Å². The standard InChI is InChI=1S/C7H12O4/c1-6(7(8)9)3-4-11-5-10-2/h1,3-5H2,2H3,(H,8,9)/p-1. The smallest absolute Gasteiger partial charge is 0.146 e. The fourth-order valence-corrected chi connectivity index (χ4v) is 0.440. The first-order valence-corrected chi connectivity index (χ1v) is 3.14. The third-order valence-electron chi connectivity index (χ3n) is 1.04. The molecule has 0 rings (SSSR count). The zero-order chi connectivity index (χ0) is 8.69. The van der Waals surface area contributed by atoms with E-state index < -0.39 is 5.97 Å². The van der Waals surface area contributed by atoms with Gasteiger partial charge in [0.15, 0.2) is 0 Å². The monoisotopic (exact) mass is 159 g/mol. The van der Waals surface area contributed by atoms with Crippen LogP contribution in [0.2, 0.25) is 0 Å². The minimum atomic E-state index is -1.23. The van der Waals surface area contributed by atoms with Gasteiger partial charge in [-0.2, -0.15) is 0 Å². The van der Waals surface area contributed by atoms with Gasteiger partial charge in [0.05, 0.1) is 12.6 Å². The summed E-state index contributed by atoms with van der Waals surface area (Å²) in [5.74, 6) is -1.23. The lowest BCUT2D eigenvalue weighted by atomic mass is 10.2. The Balaban J connectivity index is 3.25. The molecule has 0 bridgehead atoms. The zero-order valence-corrected chi connectivity index (χ0v) is 6.46. The van der Waals surface area contributed by atoms with Crippen LogP contribution in [0.15, 0.2) is 12.2 Å². The van der Waals surface area contributed by atoms with Crippen LogP contribution in [-0.4, -0.2) is 26.5 Å². The summed E-state index contributed by atoms with van der Waals surface area (Å²) >= 11 is 0. The molecular formula is C7H11O4-. The summed E-state index contributed by atoms with van der Waals surface area (Å²) < 4.78 is 9.40. The van der Waals surface area contributed by atoms with Crippen LogP contribution in [0.25, 0.3) is 0 Å². The van der Waals surface area contributed by atoms with Crippen molar-refractivity contribution in [2.24, 2.45) is 0 Å². The number of hydrogen-bond donors (Lipinski definition) is 0. The number of methoxy groups -OCH3 is 1. The summed E-state index contributed by atoms with van der Waals surface area (Å²) in [6, 6.07) is 0. The van der Waals surface area contributed by atoms with E-state index in [9.17, 15) is 9.90 Å². The SMILES string of the molecule is C=C(CCOCOC)C(=O)[O-]. The lowest BCUT2D eigenvalue weighted by molar-refractivity contribution is -0.299. The third kappa shape index (κ3) is 5.57. The van der Waals surface area contributed by atoms with E-state index in [1.165, 1.54) is 7.11 Å². The van der Waals surface area contributed by atoms with Crippen LogP contribution < -0.4 is 5.11 Å². The Labute approximate surface area is 65.4 Å². The summed E-state index contributed by atoms with van der Waals surface area (Å²) in [6.45, 7) is 3.73. The topological polar surface area (TPSA) is 58.6 Å². The first-order chi connectivity index (χ1) is 5.18. The molecule has 11 heavy (non-hydrogen) atoms. The second kappa shape index (κ2) is 5.88. The molecule has 0 aliphatic carbocycles. The molecule has 0 aromatic heterocycles.